The number of carbonyl (C=O) groups is 1. The summed E-state index contributed by atoms with van der Waals surface area (Å²) in [5.74, 6) is -1.30. The number of rotatable bonds is 3. The van der Waals surface area contributed by atoms with E-state index in [0.717, 1.165) is 31.0 Å². The van der Waals surface area contributed by atoms with Crippen molar-refractivity contribution in [3.05, 3.63) is 35.4 Å². The van der Waals surface area contributed by atoms with Gasteiger partial charge in [-0.25, -0.2) is 8.78 Å². The summed E-state index contributed by atoms with van der Waals surface area (Å²) in [6, 6.07) is 3.18. The van der Waals surface area contributed by atoms with Crippen molar-refractivity contribution in [2.75, 3.05) is 13.2 Å². The lowest BCUT2D eigenvalue weighted by molar-refractivity contribution is -0.126. The molecule has 2 rings (SSSR count). The lowest BCUT2D eigenvalue weighted by atomic mass is 9.93. The summed E-state index contributed by atoms with van der Waals surface area (Å²) in [7, 11) is 0. The van der Waals surface area contributed by atoms with E-state index in [1.807, 2.05) is 0 Å². The van der Waals surface area contributed by atoms with Gasteiger partial charge in [0.05, 0.1) is 6.61 Å². The number of hydrogen-bond acceptors (Lipinski definition) is 2. The molecule has 1 heterocycles. The van der Waals surface area contributed by atoms with Gasteiger partial charge in [0.2, 0.25) is 0 Å². The molecule has 0 N–H and O–H groups in total. The number of ketones is 1. The number of Topliss-reactive ketones (excluding diaryl/α,β-unsaturated/α-hetero) is 1. The minimum atomic E-state index is -0.531. The van der Waals surface area contributed by atoms with Gasteiger partial charge in [-0.2, -0.15) is 0 Å². The van der Waals surface area contributed by atoms with E-state index in [9.17, 15) is 13.6 Å². The largest absolute Gasteiger partial charge is 0.381 e. The zero-order valence-electron chi connectivity index (χ0n) is 9.42. The fourth-order valence-corrected chi connectivity index (χ4v) is 2.01. The Kier molecular flexibility index (Phi) is 3.84. The van der Waals surface area contributed by atoms with E-state index in [-0.39, 0.29) is 23.7 Å². The monoisotopic (exact) mass is 240 g/mol. The van der Waals surface area contributed by atoms with Gasteiger partial charge in [-0.05, 0) is 36.6 Å². The second-order valence-corrected chi connectivity index (χ2v) is 4.29. The molecule has 1 aromatic carbocycles. The van der Waals surface area contributed by atoms with Crippen molar-refractivity contribution < 1.29 is 18.3 Å². The Hall–Kier alpha value is -1.29. The molecule has 1 saturated heterocycles. The molecule has 0 aliphatic carbocycles. The van der Waals surface area contributed by atoms with E-state index >= 15 is 0 Å². The van der Waals surface area contributed by atoms with E-state index in [1.54, 1.807) is 0 Å². The molecule has 92 valence electrons. The molecule has 1 atom stereocenters. The van der Waals surface area contributed by atoms with Crippen molar-refractivity contribution in [2.24, 2.45) is 5.92 Å². The molecule has 4 heteroatoms. The van der Waals surface area contributed by atoms with Crippen LogP contribution in [0.15, 0.2) is 18.2 Å². The highest BCUT2D eigenvalue weighted by atomic mass is 19.1. The van der Waals surface area contributed by atoms with Gasteiger partial charge in [-0.3, -0.25) is 4.79 Å². The summed E-state index contributed by atoms with van der Waals surface area (Å²) in [5.41, 5.74) is 0.126. The summed E-state index contributed by atoms with van der Waals surface area (Å²) in [6.07, 6.45) is 1.56. The number of ether oxygens (including phenoxy) is 1. The summed E-state index contributed by atoms with van der Waals surface area (Å²) in [6.45, 7) is 1.08. The average molecular weight is 240 g/mol. The first-order chi connectivity index (χ1) is 8.16. The predicted molar refractivity (Wildman–Crippen MR) is 58.6 cm³/mol. The number of carbonyl (C=O) groups excluding carboxylic acids is 1. The minimum absolute atomic E-state index is 0.0579. The maximum Gasteiger partial charge on any atom is 0.142 e. The second-order valence-electron chi connectivity index (χ2n) is 4.29. The van der Waals surface area contributed by atoms with Crippen molar-refractivity contribution in [3.8, 4) is 0 Å². The third-order valence-electron chi connectivity index (χ3n) is 2.99. The first kappa shape index (κ1) is 12.2. The lowest BCUT2D eigenvalue weighted by Crippen LogP contribution is -2.26. The Morgan fingerprint density at radius 3 is 2.94 bits per heavy atom. The van der Waals surface area contributed by atoms with Crippen molar-refractivity contribution in [1.29, 1.82) is 0 Å². The van der Waals surface area contributed by atoms with E-state index in [4.69, 9.17) is 4.74 Å². The molecule has 1 aromatic rings. The van der Waals surface area contributed by atoms with E-state index in [0.29, 0.717) is 13.2 Å². The fraction of sp³-hybridized carbons (Fsp3) is 0.462. The third-order valence-corrected chi connectivity index (χ3v) is 2.99. The predicted octanol–water partition coefficient (Wildman–Crippen LogP) is 2.50. The Labute approximate surface area is 98.6 Å². The zero-order chi connectivity index (χ0) is 12.3. The van der Waals surface area contributed by atoms with Crippen LogP contribution in [0.4, 0.5) is 8.78 Å². The van der Waals surface area contributed by atoms with Crippen LogP contribution in [-0.4, -0.2) is 19.0 Å². The van der Waals surface area contributed by atoms with Gasteiger partial charge in [0.15, 0.2) is 0 Å². The Bertz CT molecular complexity index is 412. The van der Waals surface area contributed by atoms with Crippen molar-refractivity contribution in [1.82, 2.24) is 0 Å². The van der Waals surface area contributed by atoms with Gasteiger partial charge < -0.3 is 4.74 Å². The van der Waals surface area contributed by atoms with Crippen LogP contribution in [-0.2, 0) is 16.0 Å². The van der Waals surface area contributed by atoms with Gasteiger partial charge >= 0.3 is 0 Å². The van der Waals surface area contributed by atoms with Crippen LogP contribution in [0.5, 0.6) is 0 Å². The molecule has 1 aliphatic rings. The quantitative estimate of drug-likeness (QED) is 0.811. The number of benzene rings is 1. The molecule has 17 heavy (non-hydrogen) atoms. The zero-order valence-corrected chi connectivity index (χ0v) is 9.42. The van der Waals surface area contributed by atoms with Gasteiger partial charge in [0.25, 0.3) is 0 Å². The highest BCUT2D eigenvalue weighted by Gasteiger charge is 2.22. The molecule has 0 radical (unpaired) electrons. The van der Waals surface area contributed by atoms with Crippen LogP contribution in [0.1, 0.15) is 18.4 Å². The maximum atomic E-state index is 13.3. The maximum absolute atomic E-state index is 13.3. The van der Waals surface area contributed by atoms with Crippen LogP contribution < -0.4 is 0 Å². The van der Waals surface area contributed by atoms with Crippen LogP contribution in [0.25, 0.3) is 0 Å². The smallest absolute Gasteiger partial charge is 0.142 e. The van der Waals surface area contributed by atoms with Crippen LogP contribution in [0, 0.1) is 17.6 Å². The number of hydrogen-bond donors (Lipinski definition) is 0. The Morgan fingerprint density at radius 2 is 2.24 bits per heavy atom. The van der Waals surface area contributed by atoms with Gasteiger partial charge in [0, 0.05) is 18.9 Å². The first-order valence-electron chi connectivity index (χ1n) is 5.71. The molecule has 1 fully saturated rings. The molecular weight excluding hydrogens is 226 g/mol. The topological polar surface area (TPSA) is 26.3 Å². The first-order valence-corrected chi connectivity index (χ1v) is 5.71. The summed E-state index contributed by atoms with van der Waals surface area (Å²) < 4.78 is 31.5. The van der Waals surface area contributed by atoms with Crippen molar-refractivity contribution in [3.63, 3.8) is 0 Å². The van der Waals surface area contributed by atoms with Gasteiger partial charge in [0.1, 0.15) is 17.4 Å². The second kappa shape index (κ2) is 5.36. The molecule has 0 aromatic heterocycles. The third kappa shape index (κ3) is 3.09. The summed E-state index contributed by atoms with van der Waals surface area (Å²) in [5, 5.41) is 0. The fourth-order valence-electron chi connectivity index (χ4n) is 2.01. The van der Waals surface area contributed by atoms with E-state index in [2.05, 4.69) is 0 Å². The molecule has 0 spiro atoms. The highest BCUT2D eigenvalue weighted by molar-refractivity contribution is 5.83. The van der Waals surface area contributed by atoms with Crippen LogP contribution in [0.3, 0.4) is 0 Å². The molecule has 1 aliphatic heterocycles. The summed E-state index contributed by atoms with van der Waals surface area (Å²) in [4.78, 5) is 11.9. The van der Waals surface area contributed by atoms with E-state index < -0.39 is 11.6 Å². The SMILES string of the molecule is O=C(Cc1cc(F)ccc1F)C1CCCOC1. The molecular formula is C13H14F2O2. The van der Waals surface area contributed by atoms with Crippen LogP contribution in [0.2, 0.25) is 0 Å². The van der Waals surface area contributed by atoms with Crippen molar-refractivity contribution >= 4 is 5.78 Å². The minimum Gasteiger partial charge on any atom is -0.381 e. The van der Waals surface area contributed by atoms with Gasteiger partial charge in [-0.1, -0.05) is 0 Å². The molecule has 0 saturated carbocycles. The molecule has 0 bridgehead atoms. The Balaban J connectivity index is 2.04. The molecule has 2 nitrogen and oxygen atoms in total. The van der Waals surface area contributed by atoms with Gasteiger partial charge in [-0.15, -0.1) is 0 Å². The van der Waals surface area contributed by atoms with Crippen LogP contribution >= 0.6 is 0 Å². The Morgan fingerprint density at radius 1 is 1.41 bits per heavy atom. The normalized spacial score (nSPS) is 20.2. The number of halogens is 2. The lowest BCUT2D eigenvalue weighted by Gasteiger charge is -2.20. The average Bonchev–Trinajstić information content (AvgIpc) is 2.35. The van der Waals surface area contributed by atoms with E-state index in [1.165, 1.54) is 0 Å². The summed E-state index contributed by atoms with van der Waals surface area (Å²) >= 11 is 0. The van der Waals surface area contributed by atoms with Crippen molar-refractivity contribution in [2.45, 2.75) is 19.3 Å². The highest BCUT2D eigenvalue weighted by Crippen LogP contribution is 2.18. The molecule has 1 unspecified atom stereocenters. The standard InChI is InChI=1S/C13H14F2O2/c14-11-3-4-12(15)10(6-11)7-13(16)9-2-1-5-17-8-9/h3-4,6,9H,1-2,5,7-8H2. The molecule has 0 amide bonds.